The summed E-state index contributed by atoms with van der Waals surface area (Å²) >= 11 is 1.52. The quantitative estimate of drug-likeness (QED) is 0.601. The summed E-state index contributed by atoms with van der Waals surface area (Å²) in [5.74, 6) is 0.443. The van der Waals surface area contributed by atoms with Gasteiger partial charge in [0.25, 0.3) is 5.89 Å². The second-order valence-corrected chi connectivity index (χ2v) is 7.79. The molecule has 2 amide bonds. The normalized spacial score (nSPS) is 17.0. The van der Waals surface area contributed by atoms with Crippen molar-refractivity contribution in [1.29, 1.82) is 0 Å². The summed E-state index contributed by atoms with van der Waals surface area (Å²) in [6.07, 6.45) is 1.83. The number of halogens is 1. The smallest absolute Gasteiger partial charge is 0.322 e. The third kappa shape index (κ3) is 3.80. The van der Waals surface area contributed by atoms with Crippen molar-refractivity contribution in [2.45, 2.75) is 32.7 Å². The van der Waals surface area contributed by atoms with Gasteiger partial charge in [0.15, 0.2) is 0 Å². The molecule has 6 nitrogen and oxygen atoms in total. The zero-order valence-electron chi connectivity index (χ0n) is 16.2. The molecule has 150 valence electrons. The lowest BCUT2D eigenvalue weighted by molar-refractivity contribution is 0.204. The Morgan fingerprint density at radius 2 is 2.17 bits per heavy atom. The van der Waals surface area contributed by atoms with E-state index in [2.05, 4.69) is 22.4 Å². The number of benzene rings is 1. The number of thiophene rings is 1. The van der Waals surface area contributed by atoms with Gasteiger partial charge in [-0.25, -0.2) is 9.18 Å². The Kier molecular flexibility index (Phi) is 5.44. The fraction of sp³-hybridized carbons (Fsp3) is 0.286. The van der Waals surface area contributed by atoms with Crippen LogP contribution < -0.4 is 5.32 Å². The maximum absolute atomic E-state index is 13.9. The number of urea groups is 1. The van der Waals surface area contributed by atoms with Crippen molar-refractivity contribution in [2.75, 3.05) is 6.54 Å². The fourth-order valence-electron chi connectivity index (χ4n) is 3.42. The van der Waals surface area contributed by atoms with Crippen molar-refractivity contribution in [1.82, 2.24) is 20.4 Å². The minimum absolute atomic E-state index is 0.216. The van der Waals surface area contributed by atoms with Gasteiger partial charge < -0.3 is 9.84 Å². The second kappa shape index (κ2) is 8.16. The lowest BCUT2D eigenvalue weighted by Crippen LogP contribution is -2.46. The molecule has 8 heteroatoms. The van der Waals surface area contributed by atoms with E-state index >= 15 is 0 Å². The van der Waals surface area contributed by atoms with E-state index in [0.717, 1.165) is 23.4 Å². The average molecular weight is 412 g/mol. The summed E-state index contributed by atoms with van der Waals surface area (Å²) in [4.78, 5) is 19.9. The lowest BCUT2D eigenvalue weighted by atomic mass is 9.94. The van der Waals surface area contributed by atoms with Crippen molar-refractivity contribution in [3.8, 4) is 10.7 Å². The number of carbonyl (C=O) groups excluding carboxylic acids is 1. The van der Waals surface area contributed by atoms with Crippen LogP contribution in [-0.4, -0.2) is 27.6 Å². The van der Waals surface area contributed by atoms with Crippen LogP contribution >= 0.6 is 11.3 Å². The molecule has 0 saturated heterocycles. The molecule has 2 aromatic heterocycles. The molecule has 0 aliphatic carbocycles. The van der Waals surface area contributed by atoms with E-state index in [4.69, 9.17) is 4.52 Å². The second-order valence-electron chi connectivity index (χ2n) is 6.84. The van der Waals surface area contributed by atoms with Gasteiger partial charge in [0, 0.05) is 12.2 Å². The van der Waals surface area contributed by atoms with Gasteiger partial charge in [-0.05, 0) is 42.5 Å². The maximum Gasteiger partial charge on any atom is 0.322 e. The van der Waals surface area contributed by atoms with E-state index in [0.29, 0.717) is 29.4 Å². The minimum atomic E-state index is -0.576. The molecule has 0 bridgehead atoms. The molecular formula is C21H21FN4O2S. The zero-order valence-corrected chi connectivity index (χ0v) is 17.0. The van der Waals surface area contributed by atoms with Gasteiger partial charge in [0.1, 0.15) is 5.82 Å². The molecule has 1 atom stereocenters. The number of nitrogens with zero attached hydrogens (tertiary/aromatic N) is 3. The van der Waals surface area contributed by atoms with Crippen LogP contribution in [0.15, 0.2) is 52.0 Å². The van der Waals surface area contributed by atoms with Gasteiger partial charge in [-0.3, -0.25) is 4.90 Å². The summed E-state index contributed by atoms with van der Waals surface area (Å²) in [7, 11) is 0. The summed E-state index contributed by atoms with van der Waals surface area (Å²) < 4.78 is 19.5. The first-order chi connectivity index (χ1) is 14.1. The van der Waals surface area contributed by atoms with Crippen LogP contribution in [0.2, 0.25) is 0 Å². The number of amides is 2. The first-order valence-electron chi connectivity index (χ1n) is 9.50. The van der Waals surface area contributed by atoms with E-state index in [1.807, 2.05) is 24.4 Å². The topological polar surface area (TPSA) is 71.3 Å². The Labute approximate surface area is 172 Å². The molecule has 3 heterocycles. The number of allylic oxidation sites excluding steroid dienone is 1. The van der Waals surface area contributed by atoms with Crippen LogP contribution in [-0.2, 0) is 0 Å². The molecule has 1 aliphatic rings. The largest absolute Gasteiger partial charge is 0.334 e. The molecule has 0 fully saturated rings. The van der Waals surface area contributed by atoms with Crippen molar-refractivity contribution in [3.05, 3.63) is 64.7 Å². The Morgan fingerprint density at radius 1 is 1.31 bits per heavy atom. The van der Waals surface area contributed by atoms with Crippen molar-refractivity contribution in [3.63, 3.8) is 0 Å². The predicted octanol–water partition coefficient (Wildman–Crippen LogP) is 5.23. The maximum atomic E-state index is 13.9. The molecule has 1 aromatic carbocycles. The Hall–Kier alpha value is -3.00. The van der Waals surface area contributed by atoms with Gasteiger partial charge in [-0.15, -0.1) is 11.3 Å². The molecule has 3 aromatic rings. The highest BCUT2D eigenvalue weighted by Crippen LogP contribution is 2.37. The summed E-state index contributed by atoms with van der Waals surface area (Å²) in [6, 6.07) is 9.23. The van der Waals surface area contributed by atoms with Crippen LogP contribution in [0.1, 0.15) is 44.2 Å². The lowest BCUT2D eigenvalue weighted by Gasteiger charge is -2.35. The molecule has 1 aliphatic heterocycles. The van der Waals surface area contributed by atoms with Gasteiger partial charge in [0.2, 0.25) is 5.82 Å². The van der Waals surface area contributed by atoms with E-state index in [-0.39, 0.29) is 11.8 Å². The van der Waals surface area contributed by atoms with Gasteiger partial charge >= 0.3 is 6.03 Å². The summed E-state index contributed by atoms with van der Waals surface area (Å²) in [5.41, 5.74) is 2.04. The predicted molar refractivity (Wildman–Crippen MR) is 109 cm³/mol. The highest BCUT2D eigenvalue weighted by Gasteiger charge is 2.35. The number of hydrogen-bond donors (Lipinski definition) is 1. The summed E-state index contributed by atoms with van der Waals surface area (Å²) in [5, 5.41) is 9.03. The first kappa shape index (κ1) is 19.3. The van der Waals surface area contributed by atoms with Crippen LogP contribution in [0, 0.1) is 5.82 Å². The molecule has 1 N–H and O–H groups in total. The Balaban J connectivity index is 1.81. The van der Waals surface area contributed by atoms with E-state index in [9.17, 15) is 9.18 Å². The number of aromatic nitrogens is 2. The number of carbonyl (C=O) groups is 1. The summed E-state index contributed by atoms with van der Waals surface area (Å²) in [6.45, 7) is 4.52. The molecule has 1 unspecified atom stereocenters. The third-order valence-electron chi connectivity index (χ3n) is 4.91. The van der Waals surface area contributed by atoms with Crippen molar-refractivity contribution >= 4 is 22.9 Å². The molecule has 0 saturated carbocycles. The zero-order chi connectivity index (χ0) is 20.4. The highest BCUT2D eigenvalue weighted by atomic mass is 32.1. The monoisotopic (exact) mass is 412 g/mol. The molecule has 0 radical (unpaired) electrons. The van der Waals surface area contributed by atoms with Gasteiger partial charge in [-0.2, -0.15) is 4.98 Å². The van der Waals surface area contributed by atoms with Crippen LogP contribution in [0.3, 0.4) is 0 Å². The van der Waals surface area contributed by atoms with E-state index < -0.39 is 6.04 Å². The van der Waals surface area contributed by atoms with Crippen LogP contribution in [0.5, 0.6) is 0 Å². The average Bonchev–Trinajstić information content (AvgIpc) is 3.39. The number of nitrogens with one attached hydrogen (secondary N) is 1. The molecule has 29 heavy (non-hydrogen) atoms. The minimum Gasteiger partial charge on any atom is -0.334 e. The van der Waals surface area contributed by atoms with E-state index in [1.54, 1.807) is 17.0 Å². The third-order valence-corrected chi connectivity index (χ3v) is 5.78. The van der Waals surface area contributed by atoms with Crippen molar-refractivity contribution < 1.29 is 13.7 Å². The van der Waals surface area contributed by atoms with Crippen LogP contribution in [0.25, 0.3) is 16.3 Å². The number of hydrogen-bond acceptors (Lipinski definition) is 5. The standard InChI is InChI=1S/C21H21FN4O2S/c1-3-4-10-26-13(2)17(20-24-19(25-28-20)16-9-6-11-29-16)18(23-21(26)27)14-7-5-8-15(22)12-14/h5-9,11-12,18H,3-4,10H2,1-2H3,(H,23,27). The Bertz CT molecular complexity index is 1040. The number of unbranched alkanes of at least 4 members (excludes halogenated alkanes) is 1. The Morgan fingerprint density at radius 3 is 2.90 bits per heavy atom. The molecule has 0 spiro atoms. The molecule has 4 rings (SSSR count). The number of rotatable bonds is 6. The first-order valence-corrected chi connectivity index (χ1v) is 10.4. The van der Waals surface area contributed by atoms with Crippen LogP contribution in [0.4, 0.5) is 9.18 Å². The molecular weight excluding hydrogens is 391 g/mol. The SMILES string of the molecule is CCCCN1C(=O)NC(c2cccc(F)c2)C(c2nc(-c3cccs3)no2)=C1C. The highest BCUT2D eigenvalue weighted by molar-refractivity contribution is 7.13. The van der Waals surface area contributed by atoms with E-state index in [1.165, 1.54) is 23.5 Å². The van der Waals surface area contributed by atoms with Gasteiger partial charge in [0.05, 0.1) is 16.5 Å². The van der Waals surface area contributed by atoms with Gasteiger partial charge in [-0.1, -0.05) is 36.7 Å². The van der Waals surface area contributed by atoms with Crippen molar-refractivity contribution in [2.24, 2.45) is 0 Å². The fourth-order valence-corrected chi connectivity index (χ4v) is 4.07.